The highest BCUT2D eigenvalue weighted by molar-refractivity contribution is 5.29. The normalized spacial score (nSPS) is 18.8. The number of hydrogen-bond acceptors (Lipinski definition) is 3. The lowest BCUT2D eigenvalue weighted by atomic mass is 10.1. The third-order valence-corrected chi connectivity index (χ3v) is 3.30. The fourth-order valence-electron chi connectivity index (χ4n) is 2.42. The molecule has 3 heteroatoms. The molecular formula is C13H20N2O. The minimum atomic E-state index is 0.162. The molecule has 1 saturated carbocycles. The summed E-state index contributed by atoms with van der Waals surface area (Å²) in [5, 5.41) is 13.0. The Kier molecular flexibility index (Phi) is 3.80. The summed E-state index contributed by atoms with van der Waals surface area (Å²) < 4.78 is 0. The molecule has 0 spiro atoms. The van der Waals surface area contributed by atoms with E-state index >= 15 is 0 Å². The monoisotopic (exact) mass is 220 g/mol. The van der Waals surface area contributed by atoms with Crippen LogP contribution in [0.1, 0.15) is 37.3 Å². The Morgan fingerprint density at radius 1 is 1.38 bits per heavy atom. The molecule has 1 aromatic carbocycles. The van der Waals surface area contributed by atoms with Gasteiger partial charge in [0.1, 0.15) is 5.75 Å². The van der Waals surface area contributed by atoms with Gasteiger partial charge in [-0.25, -0.2) is 0 Å². The van der Waals surface area contributed by atoms with Crippen LogP contribution in [0.15, 0.2) is 24.3 Å². The summed E-state index contributed by atoms with van der Waals surface area (Å²) >= 11 is 0. The van der Waals surface area contributed by atoms with E-state index in [9.17, 15) is 5.11 Å². The number of rotatable bonds is 4. The number of benzene rings is 1. The van der Waals surface area contributed by atoms with Gasteiger partial charge in [0, 0.05) is 18.6 Å². The second kappa shape index (κ2) is 5.32. The molecule has 88 valence electrons. The predicted octanol–water partition coefficient (Wildman–Crippen LogP) is 1.92. The Hall–Kier alpha value is -1.06. The fourth-order valence-corrected chi connectivity index (χ4v) is 2.42. The summed E-state index contributed by atoms with van der Waals surface area (Å²) in [5.74, 6) is 0.309. The summed E-state index contributed by atoms with van der Waals surface area (Å²) in [6, 6.07) is 8.11. The Morgan fingerprint density at radius 2 is 2.12 bits per heavy atom. The zero-order valence-corrected chi connectivity index (χ0v) is 9.52. The molecule has 1 aliphatic rings. The molecule has 0 aliphatic heterocycles. The van der Waals surface area contributed by atoms with Crippen molar-refractivity contribution in [2.24, 2.45) is 5.73 Å². The Labute approximate surface area is 96.7 Å². The quantitative estimate of drug-likeness (QED) is 0.726. The first-order chi connectivity index (χ1) is 7.79. The van der Waals surface area contributed by atoms with Crippen LogP contribution in [0.3, 0.4) is 0 Å². The summed E-state index contributed by atoms with van der Waals surface area (Å²) in [6.45, 7) is 0.569. The van der Waals surface area contributed by atoms with Gasteiger partial charge >= 0.3 is 0 Å². The number of phenolic OH excluding ortho intramolecular Hbond substituents is 1. The first-order valence-corrected chi connectivity index (χ1v) is 6.04. The summed E-state index contributed by atoms with van der Waals surface area (Å²) in [6.07, 6.45) is 5.12. The van der Waals surface area contributed by atoms with Gasteiger partial charge < -0.3 is 16.2 Å². The lowest BCUT2D eigenvalue weighted by molar-refractivity contribution is 0.439. The van der Waals surface area contributed by atoms with E-state index in [1.54, 1.807) is 12.1 Å². The summed E-state index contributed by atoms with van der Waals surface area (Å²) in [7, 11) is 0. The lowest BCUT2D eigenvalue weighted by Gasteiger charge is -2.22. The van der Waals surface area contributed by atoms with Crippen LogP contribution < -0.4 is 11.1 Å². The smallest absolute Gasteiger partial charge is 0.115 e. The van der Waals surface area contributed by atoms with Crippen LogP contribution in [0.5, 0.6) is 5.75 Å². The average Bonchev–Trinajstić information content (AvgIpc) is 2.78. The van der Waals surface area contributed by atoms with Gasteiger partial charge in [0.15, 0.2) is 0 Å². The first kappa shape index (κ1) is 11.4. The number of hydrogen-bond donors (Lipinski definition) is 3. The number of nitrogens with two attached hydrogens (primary N) is 1. The van der Waals surface area contributed by atoms with Crippen molar-refractivity contribution in [1.29, 1.82) is 0 Å². The topological polar surface area (TPSA) is 58.3 Å². The molecule has 16 heavy (non-hydrogen) atoms. The number of phenols is 1. The zero-order valence-electron chi connectivity index (χ0n) is 9.52. The van der Waals surface area contributed by atoms with E-state index in [4.69, 9.17) is 5.73 Å². The molecule has 0 bridgehead atoms. The van der Waals surface area contributed by atoms with Crippen LogP contribution >= 0.6 is 0 Å². The van der Waals surface area contributed by atoms with E-state index in [0.717, 1.165) is 5.56 Å². The summed E-state index contributed by atoms with van der Waals surface area (Å²) in [5.41, 5.74) is 6.87. The van der Waals surface area contributed by atoms with Crippen LogP contribution in [0.25, 0.3) is 0 Å². The maximum absolute atomic E-state index is 9.45. The van der Waals surface area contributed by atoms with Crippen molar-refractivity contribution in [3.05, 3.63) is 29.8 Å². The van der Waals surface area contributed by atoms with Gasteiger partial charge in [-0.3, -0.25) is 0 Å². The van der Waals surface area contributed by atoms with Crippen molar-refractivity contribution in [2.45, 2.75) is 37.8 Å². The Morgan fingerprint density at radius 3 is 2.75 bits per heavy atom. The van der Waals surface area contributed by atoms with Crippen molar-refractivity contribution in [2.75, 3.05) is 6.54 Å². The van der Waals surface area contributed by atoms with E-state index < -0.39 is 0 Å². The predicted molar refractivity (Wildman–Crippen MR) is 65.3 cm³/mol. The maximum Gasteiger partial charge on any atom is 0.115 e. The molecule has 1 fully saturated rings. The SMILES string of the molecule is NCC(NC1CCCC1)c1cccc(O)c1. The van der Waals surface area contributed by atoms with Crippen LogP contribution in [-0.4, -0.2) is 17.7 Å². The lowest BCUT2D eigenvalue weighted by Crippen LogP contribution is -2.35. The molecular weight excluding hydrogens is 200 g/mol. The highest BCUT2D eigenvalue weighted by Gasteiger charge is 2.19. The Bertz CT molecular complexity index is 334. The van der Waals surface area contributed by atoms with Gasteiger partial charge in [0.25, 0.3) is 0 Å². The highest BCUT2D eigenvalue weighted by atomic mass is 16.3. The van der Waals surface area contributed by atoms with Crippen molar-refractivity contribution < 1.29 is 5.11 Å². The molecule has 0 heterocycles. The van der Waals surface area contributed by atoms with Crippen molar-refractivity contribution in [3.63, 3.8) is 0 Å². The van der Waals surface area contributed by atoms with Crippen LogP contribution in [0.2, 0.25) is 0 Å². The second-order valence-electron chi connectivity index (χ2n) is 4.53. The van der Waals surface area contributed by atoms with Gasteiger partial charge in [0.05, 0.1) is 0 Å². The molecule has 1 unspecified atom stereocenters. The molecule has 0 aromatic heterocycles. The number of nitrogens with one attached hydrogen (secondary N) is 1. The van der Waals surface area contributed by atoms with Gasteiger partial charge in [-0.1, -0.05) is 25.0 Å². The average molecular weight is 220 g/mol. The third kappa shape index (κ3) is 2.74. The van der Waals surface area contributed by atoms with Gasteiger partial charge in [-0.15, -0.1) is 0 Å². The van der Waals surface area contributed by atoms with Crippen molar-refractivity contribution in [3.8, 4) is 5.75 Å². The molecule has 1 aromatic rings. The van der Waals surface area contributed by atoms with Gasteiger partial charge in [0.2, 0.25) is 0 Å². The van der Waals surface area contributed by atoms with Gasteiger partial charge in [-0.2, -0.15) is 0 Å². The molecule has 4 N–H and O–H groups in total. The number of aromatic hydroxyl groups is 1. The second-order valence-corrected chi connectivity index (χ2v) is 4.53. The maximum atomic E-state index is 9.45. The third-order valence-electron chi connectivity index (χ3n) is 3.30. The van der Waals surface area contributed by atoms with E-state index in [1.165, 1.54) is 25.7 Å². The highest BCUT2D eigenvalue weighted by Crippen LogP contribution is 2.23. The molecule has 2 rings (SSSR count). The molecule has 0 amide bonds. The van der Waals surface area contributed by atoms with Crippen LogP contribution in [0.4, 0.5) is 0 Å². The molecule has 1 aliphatic carbocycles. The standard InChI is InChI=1S/C13H20N2O/c14-9-13(15-11-5-1-2-6-11)10-4-3-7-12(16)8-10/h3-4,7-8,11,13,15-16H,1-2,5-6,9,14H2. The van der Waals surface area contributed by atoms with E-state index in [-0.39, 0.29) is 6.04 Å². The fraction of sp³-hybridized carbons (Fsp3) is 0.538. The molecule has 0 radical (unpaired) electrons. The first-order valence-electron chi connectivity index (χ1n) is 6.04. The largest absolute Gasteiger partial charge is 0.508 e. The van der Waals surface area contributed by atoms with Gasteiger partial charge in [-0.05, 0) is 30.5 Å². The zero-order chi connectivity index (χ0) is 11.4. The van der Waals surface area contributed by atoms with E-state index in [0.29, 0.717) is 18.3 Å². The molecule has 3 nitrogen and oxygen atoms in total. The van der Waals surface area contributed by atoms with E-state index in [1.807, 2.05) is 12.1 Å². The minimum Gasteiger partial charge on any atom is -0.508 e. The Balaban J connectivity index is 2.03. The van der Waals surface area contributed by atoms with Crippen molar-refractivity contribution in [1.82, 2.24) is 5.32 Å². The van der Waals surface area contributed by atoms with Crippen molar-refractivity contribution >= 4 is 0 Å². The molecule has 0 saturated heterocycles. The molecule has 1 atom stereocenters. The van der Waals surface area contributed by atoms with Crippen LogP contribution in [0, 0.1) is 0 Å². The summed E-state index contributed by atoms with van der Waals surface area (Å²) in [4.78, 5) is 0. The minimum absolute atomic E-state index is 0.162. The van der Waals surface area contributed by atoms with Crippen LogP contribution in [-0.2, 0) is 0 Å². The van der Waals surface area contributed by atoms with E-state index in [2.05, 4.69) is 5.32 Å².